The lowest BCUT2D eigenvalue weighted by molar-refractivity contribution is 0.660. The fraction of sp³-hybridized carbons (Fsp3) is 0.111. The molecule has 0 spiro atoms. The van der Waals surface area contributed by atoms with Gasteiger partial charge in [0.15, 0.2) is 0 Å². The third kappa shape index (κ3) is 6.29. The van der Waals surface area contributed by atoms with Crippen LogP contribution in [0.25, 0.3) is 82.4 Å². The number of hydrogen-bond donors (Lipinski definition) is 0. The Balaban J connectivity index is 1.07. The number of aryl methyl sites for hydroxylation is 1. The lowest BCUT2D eigenvalue weighted by atomic mass is 9.81. The summed E-state index contributed by atoms with van der Waals surface area (Å²) < 4.78 is 2.49. The van der Waals surface area contributed by atoms with E-state index < -0.39 is 8.07 Å². The minimum atomic E-state index is -1.64. The van der Waals surface area contributed by atoms with Gasteiger partial charge in [-0.2, -0.15) is 0 Å². The van der Waals surface area contributed by atoms with Crippen molar-refractivity contribution in [1.29, 1.82) is 0 Å². The van der Waals surface area contributed by atoms with Crippen molar-refractivity contribution in [2.24, 2.45) is 0 Å². The van der Waals surface area contributed by atoms with Crippen molar-refractivity contribution in [2.45, 2.75) is 45.8 Å². The van der Waals surface area contributed by atoms with E-state index in [4.69, 9.17) is 0 Å². The molecule has 0 amide bonds. The Morgan fingerprint density at radius 3 is 1.56 bits per heavy atom. The standard InChI is InChI=1S/C63H52N2Si/c1-41-25-29-46(30-26-41)64(57-35-36-61(66(4,5)6)50-23-15-13-21-48(50)57)60-40-56-62(51-24-16-14-22-49(51)60)52-32-31-47(39-55(52)63(56,2)3)65-58-33-27-44(42-17-9-7-10-18-42)37-53(58)54-38-45(28-34-59(54)65)43-19-11-8-12-20-43/h7-40H,1-6H3. The highest BCUT2D eigenvalue weighted by molar-refractivity contribution is 6.90. The van der Waals surface area contributed by atoms with Crippen molar-refractivity contribution >= 4 is 73.7 Å². The van der Waals surface area contributed by atoms with Crippen molar-refractivity contribution in [2.75, 3.05) is 4.90 Å². The second-order valence-electron chi connectivity index (χ2n) is 19.8. The molecule has 0 unspecified atom stereocenters. The van der Waals surface area contributed by atoms with Gasteiger partial charge in [0, 0.05) is 38.3 Å². The van der Waals surface area contributed by atoms with Crippen molar-refractivity contribution in [3.63, 3.8) is 0 Å². The molecule has 0 atom stereocenters. The Bertz CT molecular complexity index is 3610. The van der Waals surface area contributed by atoms with Gasteiger partial charge in [-0.1, -0.05) is 190 Å². The Hall–Kier alpha value is -7.46. The summed E-state index contributed by atoms with van der Waals surface area (Å²) in [4.78, 5) is 2.54. The Morgan fingerprint density at radius 2 is 0.970 bits per heavy atom. The van der Waals surface area contributed by atoms with Crippen LogP contribution >= 0.6 is 0 Å². The average molecular weight is 865 g/mol. The maximum Gasteiger partial charge on any atom is 0.0784 e. The molecule has 318 valence electrons. The second-order valence-corrected chi connectivity index (χ2v) is 24.9. The molecule has 11 aromatic rings. The van der Waals surface area contributed by atoms with E-state index in [2.05, 4.69) is 256 Å². The van der Waals surface area contributed by atoms with Crippen molar-refractivity contribution in [3.8, 4) is 39.1 Å². The molecule has 0 saturated carbocycles. The molecule has 0 bridgehead atoms. The van der Waals surface area contributed by atoms with Crippen LogP contribution in [0.5, 0.6) is 0 Å². The molecule has 66 heavy (non-hydrogen) atoms. The zero-order chi connectivity index (χ0) is 44.9. The molecule has 1 aliphatic carbocycles. The number of nitrogens with zero attached hydrogens (tertiary/aromatic N) is 2. The van der Waals surface area contributed by atoms with Crippen LogP contribution in [0.15, 0.2) is 206 Å². The maximum absolute atomic E-state index is 2.54. The van der Waals surface area contributed by atoms with Crippen molar-refractivity contribution in [3.05, 3.63) is 223 Å². The van der Waals surface area contributed by atoms with Crippen LogP contribution in [0.4, 0.5) is 17.1 Å². The normalized spacial score (nSPS) is 13.1. The van der Waals surface area contributed by atoms with Gasteiger partial charge >= 0.3 is 0 Å². The molecule has 1 heterocycles. The fourth-order valence-electron chi connectivity index (χ4n) is 11.0. The summed E-state index contributed by atoms with van der Waals surface area (Å²) in [6.07, 6.45) is 0. The topological polar surface area (TPSA) is 8.17 Å². The molecule has 0 N–H and O–H groups in total. The van der Waals surface area contributed by atoms with E-state index in [1.165, 1.54) is 116 Å². The van der Waals surface area contributed by atoms with Crippen LogP contribution < -0.4 is 10.1 Å². The first-order valence-electron chi connectivity index (χ1n) is 23.3. The van der Waals surface area contributed by atoms with Gasteiger partial charge < -0.3 is 9.47 Å². The van der Waals surface area contributed by atoms with E-state index >= 15 is 0 Å². The highest BCUT2D eigenvalue weighted by atomic mass is 28.3. The van der Waals surface area contributed by atoms with Crippen LogP contribution in [-0.2, 0) is 5.41 Å². The van der Waals surface area contributed by atoms with Gasteiger partial charge in [-0.05, 0) is 123 Å². The van der Waals surface area contributed by atoms with E-state index in [0.29, 0.717) is 0 Å². The van der Waals surface area contributed by atoms with Gasteiger partial charge in [0.2, 0.25) is 0 Å². The van der Waals surface area contributed by atoms with Gasteiger partial charge in [-0.3, -0.25) is 0 Å². The summed E-state index contributed by atoms with van der Waals surface area (Å²) in [5.74, 6) is 0. The Morgan fingerprint density at radius 1 is 0.424 bits per heavy atom. The molecule has 0 saturated heterocycles. The number of aromatic nitrogens is 1. The molecule has 0 fully saturated rings. The minimum absolute atomic E-state index is 0.290. The average Bonchev–Trinajstić information content (AvgIpc) is 3.79. The molecular weight excluding hydrogens is 813 g/mol. The molecule has 2 nitrogen and oxygen atoms in total. The van der Waals surface area contributed by atoms with Crippen LogP contribution in [-0.4, -0.2) is 12.6 Å². The van der Waals surface area contributed by atoms with Crippen LogP contribution in [0.3, 0.4) is 0 Å². The minimum Gasteiger partial charge on any atom is -0.309 e. The largest absolute Gasteiger partial charge is 0.309 e. The first kappa shape index (κ1) is 40.1. The summed E-state index contributed by atoms with van der Waals surface area (Å²) in [7, 11) is -1.64. The lowest BCUT2D eigenvalue weighted by Gasteiger charge is -2.31. The number of rotatable bonds is 7. The maximum atomic E-state index is 2.54. The molecule has 12 rings (SSSR count). The van der Waals surface area contributed by atoms with Gasteiger partial charge in [0.1, 0.15) is 0 Å². The third-order valence-electron chi connectivity index (χ3n) is 14.4. The molecule has 0 aliphatic heterocycles. The zero-order valence-corrected chi connectivity index (χ0v) is 39.5. The Kier molecular flexibility index (Phi) is 9.14. The molecule has 3 heteroatoms. The summed E-state index contributed by atoms with van der Waals surface area (Å²) in [5.41, 5.74) is 18.3. The SMILES string of the molecule is Cc1ccc(N(c2ccc([Si](C)(C)C)c3ccccc23)c2cc3c(c4ccccc24)-c2ccc(-n4c5ccc(-c6ccccc6)cc5c5cc(-c6ccccc6)ccc54)cc2C3(C)C)cc1. The van der Waals surface area contributed by atoms with Crippen LogP contribution in [0, 0.1) is 6.92 Å². The van der Waals surface area contributed by atoms with Gasteiger partial charge in [-0.25, -0.2) is 0 Å². The second kappa shape index (κ2) is 15.1. The first-order chi connectivity index (χ1) is 32.0. The quantitative estimate of drug-likeness (QED) is 0.145. The molecule has 10 aromatic carbocycles. The van der Waals surface area contributed by atoms with Crippen LogP contribution in [0.1, 0.15) is 30.5 Å². The first-order valence-corrected chi connectivity index (χ1v) is 26.8. The summed E-state index contributed by atoms with van der Waals surface area (Å²) >= 11 is 0. The van der Waals surface area contributed by atoms with Crippen molar-refractivity contribution < 1.29 is 0 Å². The monoisotopic (exact) mass is 864 g/mol. The zero-order valence-electron chi connectivity index (χ0n) is 38.5. The smallest absolute Gasteiger partial charge is 0.0784 e. The molecule has 0 radical (unpaired) electrons. The third-order valence-corrected chi connectivity index (χ3v) is 16.4. The highest BCUT2D eigenvalue weighted by Crippen LogP contribution is 2.55. The number of anilines is 3. The van der Waals surface area contributed by atoms with E-state index in [1.54, 1.807) is 0 Å². The molecule has 1 aromatic heterocycles. The summed E-state index contributed by atoms with van der Waals surface area (Å²) in [5, 5.41) is 9.17. The highest BCUT2D eigenvalue weighted by Gasteiger charge is 2.38. The van der Waals surface area contributed by atoms with Gasteiger partial charge in [0.25, 0.3) is 0 Å². The summed E-state index contributed by atoms with van der Waals surface area (Å²) in [6, 6.07) is 77.3. The van der Waals surface area contributed by atoms with E-state index in [-0.39, 0.29) is 5.41 Å². The molecular formula is C63H52N2Si. The van der Waals surface area contributed by atoms with E-state index in [1.807, 2.05) is 0 Å². The number of benzene rings is 10. The number of fused-ring (bicyclic) bond motifs is 9. The summed E-state index contributed by atoms with van der Waals surface area (Å²) in [6.45, 7) is 14.4. The Labute approximate surface area is 389 Å². The predicted octanol–water partition coefficient (Wildman–Crippen LogP) is 17.1. The van der Waals surface area contributed by atoms with Gasteiger partial charge in [-0.15, -0.1) is 0 Å². The predicted molar refractivity (Wildman–Crippen MR) is 287 cm³/mol. The number of hydrogen-bond acceptors (Lipinski definition) is 1. The fourth-order valence-corrected chi connectivity index (χ4v) is 12.6. The van der Waals surface area contributed by atoms with Gasteiger partial charge in [0.05, 0.1) is 30.5 Å². The van der Waals surface area contributed by atoms with Crippen LogP contribution in [0.2, 0.25) is 19.6 Å². The van der Waals surface area contributed by atoms with E-state index in [9.17, 15) is 0 Å². The van der Waals surface area contributed by atoms with E-state index in [0.717, 1.165) is 5.69 Å². The van der Waals surface area contributed by atoms with Crippen molar-refractivity contribution in [1.82, 2.24) is 4.57 Å². The lowest BCUT2D eigenvalue weighted by Crippen LogP contribution is -2.38. The molecule has 1 aliphatic rings.